The summed E-state index contributed by atoms with van der Waals surface area (Å²) in [4.78, 5) is 0. The first-order valence-electron chi connectivity index (χ1n) is 29.1. The van der Waals surface area contributed by atoms with E-state index in [-0.39, 0.29) is 37.4 Å². The van der Waals surface area contributed by atoms with Crippen molar-refractivity contribution in [3.05, 3.63) is 0 Å². The Hall–Kier alpha value is -0.200. The van der Waals surface area contributed by atoms with Crippen LogP contribution in [0, 0.1) is 0 Å². The fourth-order valence-electron chi connectivity index (χ4n) is 9.72. The molecule has 0 aromatic heterocycles. The lowest BCUT2D eigenvalue weighted by atomic mass is 9.84. The van der Waals surface area contributed by atoms with E-state index in [1.807, 2.05) is 0 Å². The molecule has 0 heterocycles. The second-order valence-corrected chi connectivity index (χ2v) is 20.2. The Labute approximate surface area is 397 Å². The van der Waals surface area contributed by atoms with E-state index in [2.05, 4.69) is 55.4 Å². The molecule has 5 nitrogen and oxygen atoms in total. The minimum absolute atomic E-state index is 0.108. The van der Waals surface area contributed by atoms with Gasteiger partial charge in [0.15, 0.2) is 26.2 Å². The molecule has 0 fully saturated rings. The van der Waals surface area contributed by atoms with Crippen molar-refractivity contribution >= 4 is 0 Å². The van der Waals surface area contributed by atoms with E-state index < -0.39 is 0 Å². The molecule has 0 bridgehead atoms. The predicted molar refractivity (Wildman–Crippen MR) is 277 cm³/mol. The van der Waals surface area contributed by atoms with Gasteiger partial charge in [-0.1, -0.05) is 274 Å². The van der Waals surface area contributed by atoms with Crippen LogP contribution in [0.15, 0.2) is 0 Å². The third kappa shape index (κ3) is 38.5. The molecule has 0 aliphatic rings. The van der Waals surface area contributed by atoms with E-state index in [0.29, 0.717) is 0 Å². The Balaban J connectivity index is 6.23. The first-order valence-corrected chi connectivity index (χ1v) is 29.1. The summed E-state index contributed by atoms with van der Waals surface area (Å²) < 4.78 is 34.5. The Bertz CT molecular complexity index is 734. The van der Waals surface area contributed by atoms with Gasteiger partial charge in [0, 0.05) is 0 Å². The summed E-state index contributed by atoms with van der Waals surface area (Å²) >= 11 is 0. The molecule has 0 saturated carbocycles. The summed E-state index contributed by atoms with van der Waals surface area (Å²) in [7, 11) is 0. The predicted octanol–water partition coefficient (Wildman–Crippen LogP) is 20.4. The van der Waals surface area contributed by atoms with Gasteiger partial charge in [-0.3, -0.25) is 0 Å². The standard InChI is InChI=1S/C58H118O5/c1-9-17-25-33-35-37-45-55(62-57(47-39-27-19-11-3,48-40-28-20-12-4)49-41-29-21-13-5)60-53-59-54-61-56(46-38-36-34-26-18-10-2)63-58(50-42-30-22-14-6,51-43-31-23-15-7)52-44-32-24-16-8/h55-56H,9-54H2,1-8H3. The molecule has 0 aromatic rings. The maximum Gasteiger partial charge on any atom is 0.161 e. The van der Waals surface area contributed by atoms with Crippen LogP contribution in [0.1, 0.15) is 338 Å². The Morgan fingerprint density at radius 1 is 0.254 bits per heavy atom. The van der Waals surface area contributed by atoms with Gasteiger partial charge in [-0.15, -0.1) is 0 Å². The highest BCUT2D eigenvalue weighted by molar-refractivity contribution is 4.84. The first kappa shape index (κ1) is 62.8. The Morgan fingerprint density at radius 2 is 0.460 bits per heavy atom. The van der Waals surface area contributed by atoms with E-state index in [0.717, 1.165) is 64.2 Å². The number of rotatable bonds is 54. The lowest BCUT2D eigenvalue weighted by Gasteiger charge is -2.38. The van der Waals surface area contributed by atoms with Crippen LogP contribution in [-0.2, 0) is 23.7 Å². The van der Waals surface area contributed by atoms with Crippen LogP contribution in [0.5, 0.6) is 0 Å². The lowest BCUT2D eigenvalue weighted by Crippen LogP contribution is -2.39. The van der Waals surface area contributed by atoms with E-state index in [4.69, 9.17) is 23.7 Å². The molecular weight excluding hydrogens is 777 g/mol. The fraction of sp³-hybridized carbons (Fsp3) is 1.00. The maximum absolute atomic E-state index is 7.39. The summed E-state index contributed by atoms with van der Waals surface area (Å²) in [5.41, 5.74) is -0.216. The maximum atomic E-state index is 7.39. The molecule has 0 aromatic carbocycles. The van der Waals surface area contributed by atoms with Crippen molar-refractivity contribution in [1.82, 2.24) is 0 Å². The van der Waals surface area contributed by atoms with Gasteiger partial charge in [0.25, 0.3) is 0 Å². The number of hydrogen-bond donors (Lipinski definition) is 0. The minimum Gasteiger partial charge on any atom is -0.346 e. The molecule has 5 heteroatoms. The number of hydrogen-bond acceptors (Lipinski definition) is 5. The Kier molecular flexibility index (Phi) is 48.1. The Morgan fingerprint density at radius 3 is 0.698 bits per heavy atom. The molecule has 0 amide bonds. The van der Waals surface area contributed by atoms with E-state index in [1.54, 1.807) is 0 Å². The normalized spacial score (nSPS) is 13.3. The molecule has 0 aliphatic heterocycles. The average molecular weight is 896 g/mol. The van der Waals surface area contributed by atoms with Gasteiger partial charge < -0.3 is 23.7 Å². The molecular formula is C58H118O5. The zero-order valence-electron chi connectivity index (χ0n) is 44.7. The molecule has 0 saturated heterocycles. The topological polar surface area (TPSA) is 46.2 Å². The highest BCUT2D eigenvalue weighted by Crippen LogP contribution is 2.37. The van der Waals surface area contributed by atoms with Crippen LogP contribution < -0.4 is 0 Å². The first-order chi connectivity index (χ1) is 30.9. The highest BCUT2D eigenvalue weighted by atomic mass is 16.8. The largest absolute Gasteiger partial charge is 0.346 e. The van der Waals surface area contributed by atoms with Crippen molar-refractivity contribution in [2.45, 2.75) is 362 Å². The third-order valence-electron chi connectivity index (χ3n) is 13.9. The van der Waals surface area contributed by atoms with Crippen molar-refractivity contribution in [3.63, 3.8) is 0 Å². The quantitative estimate of drug-likeness (QED) is 0.0450. The van der Waals surface area contributed by atoms with Crippen molar-refractivity contribution < 1.29 is 23.7 Å². The molecule has 0 rings (SSSR count). The second kappa shape index (κ2) is 48.3. The molecule has 0 aliphatic carbocycles. The van der Waals surface area contributed by atoms with Crippen molar-refractivity contribution in [2.75, 3.05) is 13.6 Å². The van der Waals surface area contributed by atoms with Gasteiger partial charge in [0.05, 0.1) is 11.2 Å². The van der Waals surface area contributed by atoms with Crippen LogP contribution >= 0.6 is 0 Å². The molecule has 0 spiro atoms. The number of ether oxygens (including phenoxy) is 5. The summed E-state index contributed by atoms with van der Waals surface area (Å²) in [6.45, 7) is 19.0. The summed E-state index contributed by atoms with van der Waals surface area (Å²) in [6, 6.07) is 0. The smallest absolute Gasteiger partial charge is 0.161 e. The highest BCUT2D eigenvalue weighted by Gasteiger charge is 2.35. The third-order valence-corrected chi connectivity index (χ3v) is 13.9. The van der Waals surface area contributed by atoms with Gasteiger partial charge in [-0.05, 0) is 64.2 Å². The summed E-state index contributed by atoms with van der Waals surface area (Å²) in [5.74, 6) is 0. The molecule has 2 unspecified atom stereocenters. The zero-order chi connectivity index (χ0) is 46.2. The van der Waals surface area contributed by atoms with Gasteiger partial charge in [0.2, 0.25) is 0 Å². The molecule has 2 atom stereocenters. The monoisotopic (exact) mass is 895 g/mol. The molecule has 63 heavy (non-hydrogen) atoms. The van der Waals surface area contributed by atoms with Crippen LogP contribution in [0.4, 0.5) is 0 Å². The van der Waals surface area contributed by atoms with E-state index >= 15 is 0 Å². The lowest BCUT2D eigenvalue weighted by molar-refractivity contribution is -0.286. The van der Waals surface area contributed by atoms with Gasteiger partial charge >= 0.3 is 0 Å². The van der Waals surface area contributed by atoms with Crippen molar-refractivity contribution in [1.29, 1.82) is 0 Å². The van der Waals surface area contributed by atoms with Crippen molar-refractivity contribution in [3.8, 4) is 0 Å². The summed E-state index contributed by atoms with van der Waals surface area (Å²) in [5, 5.41) is 0. The van der Waals surface area contributed by atoms with Crippen LogP contribution in [0.25, 0.3) is 0 Å². The minimum atomic E-state index is -0.239. The number of unbranched alkanes of at least 4 members (excludes halogenated alkanes) is 28. The second-order valence-electron chi connectivity index (χ2n) is 20.2. The van der Waals surface area contributed by atoms with Gasteiger partial charge in [0.1, 0.15) is 0 Å². The van der Waals surface area contributed by atoms with Crippen molar-refractivity contribution in [2.24, 2.45) is 0 Å². The van der Waals surface area contributed by atoms with Crippen LogP contribution in [0.2, 0.25) is 0 Å². The molecule has 0 N–H and O–H groups in total. The zero-order valence-corrected chi connectivity index (χ0v) is 44.7. The van der Waals surface area contributed by atoms with Crippen LogP contribution in [0.3, 0.4) is 0 Å². The molecule has 380 valence electrons. The molecule has 0 radical (unpaired) electrons. The van der Waals surface area contributed by atoms with E-state index in [9.17, 15) is 0 Å². The SMILES string of the molecule is CCCCCCCCC(OCOCOC(CCCCCCCC)OC(CCCCCC)(CCCCCC)CCCCCC)OC(CCCCCC)(CCCCCC)CCCCCC. The summed E-state index contributed by atoms with van der Waals surface area (Å²) in [6.07, 6.45) is 54.4. The van der Waals surface area contributed by atoms with Crippen LogP contribution in [-0.4, -0.2) is 37.4 Å². The van der Waals surface area contributed by atoms with Gasteiger partial charge in [-0.25, -0.2) is 0 Å². The average Bonchev–Trinajstić information content (AvgIpc) is 3.29. The fourth-order valence-corrected chi connectivity index (χ4v) is 9.72. The van der Waals surface area contributed by atoms with E-state index in [1.165, 1.54) is 218 Å². The van der Waals surface area contributed by atoms with Gasteiger partial charge in [-0.2, -0.15) is 0 Å².